The highest BCUT2D eigenvalue weighted by molar-refractivity contribution is 7.18. The van der Waals surface area contributed by atoms with E-state index in [1.165, 1.54) is 4.88 Å². The maximum Gasteiger partial charge on any atom is 0.239 e. The summed E-state index contributed by atoms with van der Waals surface area (Å²) in [6.07, 6.45) is 0.926. The van der Waals surface area contributed by atoms with E-state index in [0.717, 1.165) is 16.6 Å². The van der Waals surface area contributed by atoms with Gasteiger partial charge in [0.15, 0.2) is 0 Å². The van der Waals surface area contributed by atoms with Crippen molar-refractivity contribution in [3.63, 3.8) is 0 Å². The summed E-state index contributed by atoms with van der Waals surface area (Å²) in [6, 6.07) is 2.03. The van der Waals surface area contributed by atoms with Gasteiger partial charge in [-0.2, -0.15) is 0 Å². The van der Waals surface area contributed by atoms with E-state index in [4.69, 9.17) is 16.3 Å². The van der Waals surface area contributed by atoms with Crippen LogP contribution in [-0.2, 0) is 16.0 Å². The van der Waals surface area contributed by atoms with Gasteiger partial charge in [0.1, 0.15) is 10.6 Å². The van der Waals surface area contributed by atoms with Crippen LogP contribution in [0.4, 0.5) is 5.82 Å². The fourth-order valence-corrected chi connectivity index (χ4v) is 2.96. The largest absolute Gasteiger partial charge is 0.383 e. The van der Waals surface area contributed by atoms with Gasteiger partial charge in [-0.25, -0.2) is 9.97 Å². The molecule has 2 aromatic heterocycles. The summed E-state index contributed by atoms with van der Waals surface area (Å²) in [6.45, 7) is 3.18. The number of carbonyl (C=O) groups is 1. The smallest absolute Gasteiger partial charge is 0.239 e. The molecule has 2 aromatic rings. The number of methoxy groups -OCH3 is 1. The molecule has 2 rings (SSSR count). The summed E-state index contributed by atoms with van der Waals surface area (Å²) < 4.78 is 4.87. The lowest BCUT2D eigenvalue weighted by Gasteiger charge is -2.07. The third-order valence-corrected chi connectivity index (χ3v) is 4.15. The Labute approximate surface area is 131 Å². The zero-order valence-corrected chi connectivity index (χ0v) is 13.5. The molecule has 0 saturated heterocycles. The van der Waals surface area contributed by atoms with Gasteiger partial charge in [-0.15, -0.1) is 11.3 Å². The molecular formula is C13H17ClN4O2S. The number of hydrogen-bond donors (Lipinski definition) is 2. The second-order valence-electron chi connectivity index (χ2n) is 4.32. The van der Waals surface area contributed by atoms with Crippen LogP contribution in [0.1, 0.15) is 11.8 Å². The maximum absolute atomic E-state index is 11.7. The number of fused-ring (bicyclic) bond motifs is 1. The van der Waals surface area contributed by atoms with Crippen LogP contribution in [0, 0.1) is 0 Å². The Morgan fingerprint density at radius 1 is 1.48 bits per heavy atom. The highest BCUT2D eigenvalue weighted by Crippen LogP contribution is 2.30. The highest BCUT2D eigenvalue weighted by atomic mass is 35.5. The molecule has 0 aliphatic heterocycles. The van der Waals surface area contributed by atoms with Crippen LogP contribution in [0.15, 0.2) is 6.07 Å². The Morgan fingerprint density at radius 3 is 3.00 bits per heavy atom. The van der Waals surface area contributed by atoms with Gasteiger partial charge < -0.3 is 15.4 Å². The number of amides is 1. The second kappa shape index (κ2) is 7.53. The molecule has 21 heavy (non-hydrogen) atoms. The molecule has 0 atom stereocenters. The number of nitrogens with one attached hydrogen (secondary N) is 2. The third kappa shape index (κ3) is 4.26. The molecule has 0 aliphatic rings. The quantitative estimate of drug-likeness (QED) is 0.601. The molecule has 0 unspecified atom stereocenters. The van der Waals surface area contributed by atoms with Crippen LogP contribution in [0.2, 0.25) is 5.28 Å². The summed E-state index contributed by atoms with van der Waals surface area (Å²) in [5.74, 6) is 0.462. The SMILES string of the molecule is CCc1cc2c(NCC(=O)NCCOC)nc(Cl)nc2s1. The minimum absolute atomic E-state index is 0.124. The van der Waals surface area contributed by atoms with E-state index >= 15 is 0 Å². The number of carbonyl (C=O) groups excluding carboxylic acids is 1. The van der Waals surface area contributed by atoms with Crippen LogP contribution in [0.5, 0.6) is 0 Å². The molecule has 114 valence electrons. The molecule has 0 bridgehead atoms. The third-order valence-electron chi connectivity index (χ3n) is 2.81. The minimum atomic E-state index is -0.124. The van der Waals surface area contributed by atoms with Gasteiger partial charge in [0.25, 0.3) is 0 Å². The lowest BCUT2D eigenvalue weighted by atomic mass is 10.3. The zero-order chi connectivity index (χ0) is 15.2. The molecule has 0 fully saturated rings. The van der Waals surface area contributed by atoms with E-state index in [9.17, 15) is 4.79 Å². The molecule has 0 saturated carbocycles. The molecule has 2 N–H and O–H groups in total. The summed E-state index contributed by atoms with van der Waals surface area (Å²) in [4.78, 5) is 22.1. The number of rotatable bonds is 7. The van der Waals surface area contributed by atoms with Crippen LogP contribution in [0.3, 0.4) is 0 Å². The lowest BCUT2D eigenvalue weighted by molar-refractivity contribution is -0.119. The molecule has 6 nitrogen and oxygen atoms in total. The number of thiophene rings is 1. The molecular weight excluding hydrogens is 312 g/mol. The number of aromatic nitrogens is 2. The van der Waals surface area contributed by atoms with Gasteiger partial charge in [-0.3, -0.25) is 4.79 Å². The highest BCUT2D eigenvalue weighted by Gasteiger charge is 2.11. The lowest BCUT2D eigenvalue weighted by Crippen LogP contribution is -2.32. The van der Waals surface area contributed by atoms with Crippen LogP contribution in [-0.4, -0.2) is 42.7 Å². The van der Waals surface area contributed by atoms with E-state index in [1.807, 2.05) is 6.07 Å². The molecule has 0 aliphatic carbocycles. The first-order valence-electron chi connectivity index (χ1n) is 6.59. The molecule has 8 heteroatoms. The molecule has 1 amide bonds. The molecule has 0 radical (unpaired) electrons. The second-order valence-corrected chi connectivity index (χ2v) is 5.78. The predicted molar refractivity (Wildman–Crippen MR) is 85.2 cm³/mol. The Hall–Kier alpha value is -1.44. The predicted octanol–water partition coefficient (Wildman–Crippen LogP) is 2.08. The fourth-order valence-electron chi connectivity index (χ4n) is 1.77. The Balaban J connectivity index is 2.07. The summed E-state index contributed by atoms with van der Waals surface area (Å²) in [7, 11) is 1.59. The van der Waals surface area contributed by atoms with Crippen molar-refractivity contribution in [1.82, 2.24) is 15.3 Å². The zero-order valence-electron chi connectivity index (χ0n) is 11.9. The molecule has 2 heterocycles. The van der Waals surface area contributed by atoms with Crippen LogP contribution >= 0.6 is 22.9 Å². The molecule has 0 aromatic carbocycles. The number of halogens is 1. The standard InChI is InChI=1S/C13H17ClN4O2S/c1-3-8-6-9-11(17-13(14)18-12(9)21-8)16-7-10(19)15-4-5-20-2/h6H,3-5,7H2,1-2H3,(H,15,19)(H,16,17,18). The molecule has 0 spiro atoms. The minimum Gasteiger partial charge on any atom is -0.383 e. The van der Waals surface area contributed by atoms with Gasteiger partial charge in [0, 0.05) is 18.5 Å². The fraction of sp³-hybridized carbons (Fsp3) is 0.462. The van der Waals surface area contributed by atoms with E-state index in [1.54, 1.807) is 18.4 Å². The number of nitrogens with zero attached hydrogens (tertiary/aromatic N) is 2. The van der Waals surface area contributed by atoms with E-state index < -0.39 is 0 Å². The van der Waals surface area contributed by atoms with Crippen molar-refractivity contribution < 1.29 is 9.53 Å². The summed E-state index contributed by atoms with van der Waals surface area (Å²) in [5, 5.41) is 6.81. The van der Waals surface area contributed by atoms with E-state index in [-0.39, 0.29) is 17.7 Å². The van der Waals surface area contributed by atoms with Crippen molar-refractivity contribution in [1.29, 1.82) is 0 Å². The van der Waals surface area contributed by atoms with E-state index in [0.29, 0.717) is 19.0 Å². The van der Waals surface area contributed by atoms with Gasteiger partial charge >= 0.3 is 0 Å². The Kier molecular flexibility index (Phi) is 5.72. The van der Waals surface area contributed by atoms with Crippen molar-refractivity contribution in [3.8, 4) is 0 Å². The van der Waals surface area contributed by atoms with Crippen LogP contribution in [0.25, 0.3) is 10.2 Å². The van der Waals surface area contributed by atoms with Gasteiger partial charge in [-0.05, 0) is 24.1 Å². The van der Waals surface area contributed by atoms with Gasteiger partial charge in [0.05, 0.1) is 18.5 Å². The van der Waals surface area contributed by atoms with E-state index in [2.05, 4.69) is 27.5 Å². The normalized spacial score (nSPS) is 10.8. The van der Waals surface area contributed by atoms with Crippen molar-refractivity contribution in [2.45, 2.75) is 13.3 Å². The van der Waals surface area contributed by atoms with Crippen molar-refractivity contribution in [2.75, 3.05) is 32.1 Å². The monoisotopic (exact) mass is 328 g/mol. The first kappa shape index (κ1) is 15.9. The van der Waals surface area contributed by atoms with Crippen molar-refractivity contribution >= 4 is 44.9 Å². The summed E-state index contributed by atoms with van der Waals surface area (Å²) >= 11 is 7.51. The van der Waals surface area contributed by atoms with Gasteiger partial charge in [-0.1, -0.05) is 6.92 Å². The number of aryl methyl sites for hydroxylation is 1. The summed E-state index contributed by atoms with van der Waals surface area (Å²) in [5.41, 5.74) is 0. The number of anilines is 1. The Bertz CT molecular complexity index is 632. The maximum atomic E-state index is 11.7. The average molecular weight is 329 g/mol. The van der Waals surface area contributed by atoms with Crippen molar-refractivity contribution in [2.24, 2.45) is 0 Å². The number of ether oxygens (including phenoxy) is 1. The first-order chi connectivity index (χ1) is 10.1. The van der Waals surface area contributed by atoms with Crippen molar-refractivity contribution in [3.05, 3.63) is 16.2 Å². The first-order valence-corrected chi connectivity index (χ1v) is 7.79. The van der Waals surface area contributed by atoms with Crippen LogP contribution < -0.4 is 10.6 Å². The topological polar surface area (TPSA) is 76.1 Å². The Morgan fingerprint density at radius 2 is 2.29 bits per heavy atom. The van der Waals surface area contributed by atoms with Gasteiger partial charge in [0.2, 0.25) is 11.2 Å². The number of hydrogen-bond acceptors (Lipinski definition) is 6. The average Bonchev–Trinajstić information content (AvgIpc) is 2.88.